The predicted octanol–water partition coefficient (Wildman–Crippen LogP) is 2.12. The van der Waals surface area contributed by atoms with E-state index in [0.717, 1.165) is 22.0 Å². The van der Waals surface area contributed by atoms with Crippen LogP contribution in [0.3, 0.4) is 0 Å². The van der Waals surface area contributed by atoms with Crippen LogP contribution in [0, 0.1) is 6.92 Å². The highest BCUT2D eigenvalue weighted by Gasteiger charge is 2.14. The van der Waals surface area contributed by atoms with Gasteiger partial charge in [-0.05, 0) is 30.5 Å². The first-order chi connectivity index (χ1) is 8.20. The molecule has 1 heterocycles. The van der Waals surface area contributed by atoms with Crippen molar-refractivity contribution in [2.24, 2.45) is 5.84 Å². The van der Waals surface area contributed by atoms with Crippen molar-refractivity contribution < 1.29 is 0 Å². The quantitative estimate of drug-likeness (QED) is 0.575. The van der Waals surface area contributed by atoms with Crippen molar-refractivity contribution >= 4 is 11.6 Å². The van der Waals surface area contributed by atoms with Crippen LogP contribution in [0.4, 0.5) is 0 Å². The Balaban J connectivity index is 2.19. The molecule has 4 nitrogen and oxygen atoms in total. The van der Waals surface area contributed by atoms with Gasteiger partial charge in [0, 0.05) is 17.4 Å². The van der Waals surface area contributed by atoms with Gasteiger partial charge in [-0.3, -0.25) is 5.84 Å². The third kappa shape index (κ3) is 2.85. The normalized spacial score (nSPS) is 12.6. The molecular formula is C12H15ClN4. The van der Waals surface area contributed by atoms with Gasteiger partial charge in [0.1, 0.15) is 5.82 Å². The van der Waals surface area contributed by atoms with Crippen LogP contribution in [-0.4, -0.2) is 9.97 Å². The van der Waals surface area contributed by atoms with Gasteiger partial charge in [0.2, 0.25) is 0 Å². The standard InChI is InChI=1S/C12H15ClN4/c1-8-2-3-9(10(13)6-8)7-11(17-14)12-15-4-5-16-12/h2-6,11,17H,7,14H2,1H3,(H,15,16). The highest BCUT2D eigenvalue weighted by Crippen LogP contribution is 2.22. The summed E-state index contributed by atoms with van der Waals surface area (Å²) in [6.07, 6.45) is 4.18. The van der Waals surface area contributed by atoms with Crippen LogP contribution in [0.25, 0.3) is 0 Å². The lowest BCUT2D eigenvalue weighted by Crippen LogP contribution is -2.30. The van der Waals surface area contributed by atoms with Gasteiger partial charge in [0.05, 0.1) is 6.04 Å². The zero-order chi connectivity index (χ0) is 12.3. The van der Waals surface area contributed by atoms with Crippen molar-refractivity contribution in [1.29, 1.82) is 0 Å². The fourth-order valence-corrected chi connectivity index (χ4v) is 2.05. The van der Waals surface area contributed by atoms with Crippen molar-refractivity contribution in [1.82, 2.24) is 15.4 Å². The Morgan fingerprint density at radius 2 is 2.35 bits per heavy atom. The highest BCUT2D eigenvalue weighted by atomic mass is 35.5. The number of nitrogens with zero attached hydrogens (tertiary/aromatic N) is 1. The zero-order valence-corrected chi connectivity index (χ0v) is 10.3. The maximum Gasteiger partial charge on any atom is 0.124 e. The Hall–Kier alpha value is -1.36. The van der Waals surface area contributed by atoms with E-state index in [0.29, 0.717) is 6.42 Å². The van der Waals surface area contributed by atoms with Gasteiger partial charge in [-0.1, -0.05) is 23.7 Å². The fourth-order valence-electron chi connectivity index (χ4n) is 1.74. The van der Waals surface area contributed by atoms with Gasteiger partial charge < -0.3 is 4.98 Å². The third-order valence-electron chi connectivity index (χ3n) is 2.68. The number of aryl methyl sites for hydroxylation is 1. The lowest BCUT2D eigenvalue weighted by molar-refractivity contribution is 0.527. The molecule has 17 heavy (non-hydrogen) atoms. The maximum absolute atomic E-state index is 6.19. The van der Waals surface area contributed by atoms with E-state index in [9.17, 15) is 0 Å². The molecular weight excluding hydrogens is 236 g/mol. The van der Waals surface area contributed by atoms with E-state index in [1.165, 1.54) is 0 Å². The smallest absolute Gasteiger partial charge is 0.124 e. The van der Waals surface area contributed by atoms with Crippen molar-refractivity contribution in [3.8, 4) is 0 Å². The van der Waals surface area contributed by atoms with Gasteiger partial charge in [-0.2, -0.15) is 0 Å². The zero-order valence-electron chi connectivity index (χ0n) is 9.57. The molecule has 1 atom stereocenters. The minimum atomic E-state index is -0.0646. The Bertz CT molecular complexity index is 481. The summed E-state index contributed by atoms with van der Waals surface area (Å²) in [7, 11) is 0. The van der Waals surface area contributed by atoms with Crippen LogP contribution in [0.1, 0.15) is 23.0 Å². The topological polar surface area (TPSA) is 66.7 Å². The molecule has 1 aromatic carbocycles. The number of rotatable bonds is 4. The number of H-pyrrole nitrogens is 1. The number of nitrogens with one attached hydrogen (secondary N) is 2. The fraction of sp³-hybridized carbons (Fsp3) is 0.250. The molecule has 0 aliphatic carbocycles. The van der Waals surface area contributed by atoms with E-state index in [1.54, 1.807) is 12.4 Å². The van der Waals surface area contributed by atoms with Crippen molar-refractivity contribution in [3.63, 3.8) is 0 Å². The second-order valence-electron chi connectivity index (χ2n) is 3.99. The van der Waals surface area contributed by atoms with E-state index in [2.05, 4.69) is 15.4 Å². The largest absolute Gasteiger partial charge is 0.347 e. The minimum absolute atomic E-state index is 0.0646. The number of aromatic nitrogens is 2. The second kappa shape index (κ2) is 5.31. The summed E-state index contributed by atoms with van der Waals surface area (Å²) in [5.41, 5.74) is 4.94. The summed E-state index contributed by atoms with van der Waals surface area (Å²) in [4.78, 5) is 7.23. The van der Waals surface area contributed by atoms with Gasteiger partial charge in [-0.15, -0.1) is 0 Å². The van der Waals surface area contributed by atoms with E-state index >= 15 is 0 Å². The summed E-state index contributed by atoms with van der Waals surface area (Å²) in [5, 5.41) is 0.761. The maximum atomic E-state index is 6.19. The number of nitrogens with two attached hydrogens (primary N) is 1. The Labute approximate surface area is 105 Å². The highest BCUT2D eigenvalue weighted by molar-refractivity contribution is 6.31. The molecule has 0 fully saturated rings. The number of halogens is 1. The Morgan fingerprint density at radius 3 is 2.94 bits per heavy atom. The van der Waals surface area contributed by atoms with E-state index in [1.807, 2.05) is 25.1 Å². The molecule has 0 aliphatic heterocycles. The van der Waals surface area contributed by atoms with Crippen LogP contribution in [0.2, 0.25) is 5.02 Å². The first-order valence-electron chi connectivity index (χ1n) is 5.41. The molecule has 0 amide bonds. The Morgan fingerprint density at radius 1 is 1.53 bits per heavy atom. The molecule has 2 rings (SSSR count). The van der Waals surface area contributed by atoms with Crippen LogP contribution >= 0.6 is 11.6 Å². The van der Waals surface area contributed by atoms with E-state index < -0.39 is 0 Å². The number of hydrogen-bond acceptors (Lipinski definition) is 3. The summed E-state index contributed by atoms with van der Waals surface area (Å²) in [6.45, 7) is 2.01. The first kappa shape index (κ1) is 12.1. The molecule has 1 aromatic heterocycles. The van der Waals surface area contributed by atoms with Crippen LogP contribution in [0.5, 0.6) is 0 Å². The third-order valence-corrected chi connectivity index (χ3v) is 3.04. The number of benzene rings is 1. The predicted molar refractivity (Wildman–Crippen MR) is 68.5 cm³/mol. The van der Waals surface area contributed by atoms with Crippen LogP contribution in [-0.2, 0) is 6.42 Å². The number of hydrogen-bond donors (Lipinski definition) is 3. The Kier molecular flexibility index (Phi) is 3.78. The van der Waals surface area contributed by atoms with E-state index in [4.69, 9.17) is 17.4 Å². The van der Waals surface area contributed by atoms with E-state index in [-0.39, 0.29) is 6.04 Å². The van der Waals surface area contributed by atoms with Gasteiger partial charge in [0.25, 0.3) is 0 Å². The molecule has 0 saturated heterocycles. The molecule has 0 spiro atoms. The summed E-state index contributed by atoms with van der Waals surface area (Å²) in [5.74, 6) is 6.35. The molecule has 0 saturated carbocycles. The summed E-state index contributed by atoms with van der Waals surface area (Å²) >= 11 is 6.19. The summed E-state index contributed by atoms with van der Waals surface area (Å²) < 4.78 is 0. The van der Waals surface area contributed by atoms with Crippen LogP contribution < -0.4 is 11.3 Å². The lowest BCUT2D eigenvalue weighted by atomic mass is 10.0. The SMILES string of the molecule is Cc1ccc(CC(NN)c2ncc[nH]2)c(Cl)c1. The molecule has 1 unspecified atom stereocenters. The molecule has 90 valence electrons. The minimum Gasteiger partial charge on any atom is -0.347 e. The molecule has 0 radical (unpaired) electrons. The number of aromatic amines is 1. The van der Waals surface area contributed by atoms with Crippen molar-refractivity contribution in [2.75, 3.05) is 0 Å². The van der Waals surface area contributed by atoms with Crippen molar-refractivity contribution in [3.05, 3.63) is 52.6 Å². The van der Waals surface area contributed by atoms with Gasteiger partial charge >= 0.3 is 0 Å². The second-order valence-corrected chi connectivity index (χ2v) is 4.40. The molecule has 5 heteroatoms. The monoisotopic (exact) mass is 250 g/mol. The molecule has 0 aliphatic rings. The van der Waals surface area contributed by atoms with Crippen molar-refractivity contribution in [2.45, 2.75) is 19.4 Å². The molecule has 4 N–H and O–H groups in total. The van der Waals surface area contributed by atoms with Crippen LogP contribution in [0.15, 0.2) is 30.6 Å². The molecule has 0 bridgehead atoms. The average Bonchev–Trinajstić information content (AvgIpc) is 2.81. The molecule has 2 aromatic rings. The number of hydrazine groups is 1. The summed E-state index contributed by atoms with van der Waals surface area (Å²) in [6, 6.07) is 5.94. The number of imidazole rings is 1. The first-order valence-corrected chi connectivity index (χ1v) is 5.79. The van der Waals surface area contributed by atoms with Gasteiger partial charge in [-0.25, -0.2) is 10.4 Å². The van der Waals surface area contributed by atoms with Gasteiger partial charge in [0.15, 0.2) is 0 Å². The average molecular weight is 251 g/mol. The lowest BCUT2D eigenvalue weighted by Gasteiger charge is -2.14.